The molecule has 0 radical (unpaired) electrons. The average molecular weight is 468 g/mol. The van der Waals surface area contributed by atoms with Gasteiger partial charge in [-0.15, -0.1) is 0 Å². The lowest BCUT2D eigenvalue weighted by atomic mass is 9.93. The van der Waals surface area contributed by atoms with E-state index in [2.05, 4.69) is 26.5 Å². The molecule has 2 heterocycles. The van der Waals surface area contributed by atoms with Gasteiger partial charge in [0.1, 0.15) is 11.4 Å². The molecule has 0 spiro atoms. The zero-order chi connectivity index (χ0) is 24.7. The fourth-order valence-electron chi connectivity index (χ4n) is 3.63. The number of halogens is 3. The molecule has 1 aromatic carbocycles. The summed E-state index contributed by atoms with van der Waals surface area (Å²) in [7, 11) is 1.48. The van der Waals surface area contributed by atoms with Crippen LogP contribution in [0.5, 0.6) is 0 Å². The molecule has 1 unspecified atom stereocenters. The number of carbonyl (C=O) groups is 1. The molecule has 174 valence electrons. The van der Waals surface area contributed by atoms with Crippen molar-refractivity contribution in [3.8, 4) is 17.5 Å². The first-order chi connectivity index (χ1) is 16.0. The first kappa shape index (κ1) is 23.1. The van der Waals surface area contributed by atoms with Gasteiger partial charge in [-0.25, -0.2) is 4.68 Å². The molecule has 3 aromatic rings. The summed E-state index contributed by atoms with van der Waals surface area (Å²) in [5, 5.41) is 16.2. The highest BCUT2D eigenvalue weighted by atomic mass is 19.4. The molecular weight excluding hydrogens is 449 g/mol. The summed E-state index contributed by atoms with van der Waals surface area (Å²) in [4.78, 5) is 33.1. The number of aryl methyl sites for hydroxylation is 1. The molecule has 2 aromatic heterocycles. The predicted molar refractivity (Wildman–Crippen MR) is 114 cm³/mol. The first-order valence-electron chi connectivity index (χ1n) is 10.3. The van der Waals surface area contributed by atoms with Gasteiger partial charge in [0.05, 0.1) is 28.8 Å². The lowest BCUT2D eigenvalue weighted by Gasteiger charge is -2.18. The van der Waals surface area contributed by atoms with E-state index < -0.39 is 29.1 Å². The van der Waals surface area contributed by atoms with E-state index in [1.54, 1.807) is 6.92 Å². The van der Waals surface area contributed by atoms with Gasteiger partial charge in [-0.3, -0.25) is 19.6 Å². The van der Waals surface area contributed by atoms with E-state index in [0.29, 0.717) is 29.9 Å². The molecule has 1 saturated carbocycles. The summed E-state index contributed by atoms with van der Waals surface area (Å²) in [6.07, 6.45) is -0.948. The summed E-state index contributed by atoms with van der Waals surface area (Å²) in [5.41, 5.74) is -1.34. The highest BCUT2D eigenvalue weighted by Crippen LogP contribution is 2.48. The standard InChI is InChI=1S/C23H19F3N6O2/c1-13(19-20(29-8-7-28-19)17-3-4-18(33)32(2)31-17)30-21(34)14-9-15(22(12-27)5-6-22)11-16(10-14)23(24,25)26/h3-4,7-11,13H,5-6H2,1-2H3,(H,30,34). The number of benzene rings is 1. The minimum atomic E-state index is -4.67. The minimum Gasteiger partial charge on any atom is -0.344 e. The molecule has 8 nitrogen and oxygen atoms in total. The van der Waals surface area contributed by atoms with Crippen LogP contribution >= 0.6 is 0 Å². The second kappa shape index (κ2) is 8.37. The van der Waals surface area contributed by atoms with Crippen molar-refractivity contribution in [2.24, 2.45) is 7.05 Å². The maximum atomic E-state index is 13.5. The van der Waals surface area contributed by atoms with Crippen LogP contribution in [0.4, 0.5) is 13.2 Å². The minimum absolute atomic E-state index is 0.178. The van der Waals surface area contributed by atoms with Crippen molar-refractivity contribution < 1.29 is 18.0 Å². The van der Waals surface area contributed by atoms with E-state index in [1.807, 2.05) is 0 Å². The van der Waals surface area contributed by atoms with E-state index in [0.717, 1.165) is 16.8 Å². The maximum Gasteiger partial charge on any atom is 0.416 e. The van der Waals surface area contributed by atoms with Crippen molar-refractivity contribution in [2.45, 2.75) is 37.4 Å². The number of nitriles is 1. The number of aromatic nitrogens is 4. The Kier molecular flexibility index (Phi) is 5.69. The SMILES string of the molecule is CC(NC(=O)c1cc(C(F)(F)F)cc(C2(C#N)CC2)c1)c1nccnc1-c1ccc(=O)n(C)n1. The Labute approximate surface area is 192 Å². The normalized spacial score (nSPS) is 15.3. The lowest BCUT2D eigenvalue weighted by Crippen LogP contribution is -2.29. The van der Waals surface area contributed by atoms with Crippen LogP contribution in [0, 0.1) is 11.3 Å². The van der Waals surface area contributed by atoms with Crippen molar-refractivity contribution in [1.82, 2.24) is 25.1 Å². The highest BCUT2D eigenvalue weighted by molar-refractivity contribution is 5.95. The van der Waals surface area contributed by atoms with E-state index in [4.69, 9.17) is 0 Å². The molecule has 1 aliphatic rings. The van der Waals surface area contributed by atoms with E-state index in [9.17, 15) is 28.0 Å². The van der Waals surface area contributed by atoms with Crippen LogP contribution in [0.2, 0.25) is 0 Å². The number of hydrogen-bond acceptors (Lipinski definition) is 6. The zero-order valence-electron chi connectivity index (χ0n) is 18.2. The molecule has 11 heteroatoms. The number of rotatable bonds is 5. The van der Waals surface area contributed by atoms with Gasteiger partial charge in [0, 0.05) is 31.1 Å². The van der Waals surface area contributed by atoms with Crippen LogP contribution in [0.25, 0.3) is 11.4 Å². The third kappa shape index (κ3) is 4.39. The topological polar surface area (TPSA) is 114 Å². The number of nitrogens with one attached hydrogen (secondary N) is 1. The maximum absolute atomic E-state index is 13.5. The first-order valence-corrected chi connectivity index (χ1v) is 10.3. The molecule has 4 rings (SSSR count). The Morgan fingerprint density at radius 2 is 1.91 bits per heavy atom. The molecule has 0 aliphatic heterocycles. The Bertz CT molecular complexity index is 1370. The van der Waals surface area contributed by atoms with Gasteiger partial charge in [0.15, 0.2) is 0 Å². The number of nitrogens with zero attached hydrogens (tertiary/aromatic N) is 5. The summed E-state index contributed by atoms with van der Waals surface area (Å²) < 4.78 is 41.6. The van der Waals surface area contributed by atoms with Crippen molar-refractivity contribution in [1.29, 1.82) is 5.26 Å². The average Bonchev–Trinajstić information content (AvgIpc) is 3.61. The zero-order valence-corrected chi connectivity index (χ0v) is 18.2. The number of carbonyl (C=O) groups excluding carboxylic acids is 1. The molecule has 0 bridgehead atoms. The van der Waals surface area contributed by atoms with Crippen molar-refractivity contribution >= 4 is 5.91 Å². The molecule has 1 amide bonds. The smallest absolute Gasteiger partial charge is 0.344 e. The summed E-state index contributed by atoms with van der Waals surface area (Å²) in [6, 6.07) is 7.14. The van der Waals surface area contributed by atoms with Gasteiger partial charge in [-0.2, -0.15) is 23.5 Å². The van der Waals surface area contributed by atoms with Gasteiger partial charge >= 0.3 is 6.18 Å². The van der Waals surface area contributed by atoms with E-state index in [1.165, 1.54) is 37.6 Å². The summed E-state index contributed by atoms with van der Waals surface area (Å²) in [6.45, 7) is 1.61. The molecular formula is C23H19F3N6O2. The summed E-state index contributed by atoms with van der Waals surface area (Å²) in [5.74, 6) is -0.751. The fourth-order valence-corrected chi connectivity index (χ4v) is 3.63. The van der Waals surface area contributed by atoms with E-state index >= 15 is 0 Å². The molecule has 1 fully saturated rings. The molecule has 34 heavy (non-hydrogen) atoms. The quantitative estimate of drug-likeness (QED) is 0.615. The third-order valence-electron chi connectivity index (χ3n) is 5.73. The number of alkyl halides is 3. The molecule has 1 aliphatic carbocycles. The monoisotopic (exact) mass is 468 g/mol. The Morgan fingerprint density at radius 3 is 2.53 bits per heavy atom. The Hall–Kier alpha value is -4.07. The second-order valence-electron chi connectivity index (χ2n) is 8.16. The highest BCUT2D eigenvalue weighted by Gasteiger charge is 2.46. The van der Waals surface area contributed by atoms with Crippen LogP contribution < -0.4 is 10.9 Å². The number of amides is 1. The van der Waals surface area contributed by atoms with Crippen molar-refractivity contribution in [3.05, 3.63) is 75.5 Å². The molecule has 1 N–H and O–H groups in total. The van der Waals surface area contributed by atoms with Gasteiger partial charge in [0.25, 0.3) is 11.5 Å². The molecule has 1 atom stereocenters. The van der Waals surface area contributed by atoms with Crippen molar-refractivity contribution in [2.75, 3.05) is 0 Å². The van der Waals surface area contributed by atoms with E-state index in [-0.39, 0.29) is 16.7 Å². The second-order valence-corrected chi connectivity index (χ2v) is 8.16. The van der Waals surface area contributed by atoms with Crippen LogP contribution in [-0.2, 0) is 18.6 Å². The third-order valence-corrected chi connectivity index (χ3v) is 5.73. The van der Waals surface area contributed by atoms with Crippen molar-refractivity contribution in [3.63, 3.8) is 0 Å². The number of hydrogen-bond donors (Lipinski definition) is 1. The van der Waals surface area contributed by atoms with Gasteiger partial charge in [-0.05, 0) is 49.6 Å². The lowest BCUT2D eigenvalue weighted by molar-refractivity contribution is -0.137. The van der Waals surface area contributed by atoms with Crippen LogP contribution in [0.1, 0.15) is 53.0 Å². The van der Waals surface area contributed by atoms with Gasteiger partial charge in [-0.1, -0.05) is 0 Å². The van der Waals surface area contributed by atoms with Crippen LogP contribution in [-0.4, -0.2) is 25.7 Å². The molecule has 0 saturated heterocycles. The Morgan fingerprint density at radius 1 is 1.21 bits per heavy atom. The van der Waals surface area contributed by atoms with Gasteiger partial charge in [0.2, 0.25) is 0 Å². The Balaban J connectivity index is 1.67. The predicted octanol–water partition coefficient (Wildman–Crippen LogP) is 3.30. The van der Waals surface area contributed by atoms with Gasteiger partial charge < -0.3 is 5.32 Å². The fraction of sp³-hybridized carbons (Fsp3) is 0.304. The summed E-state index contributed by atoms with van der Waals surface area (Å²) >= 11 is 0. The van der Waals surface area contributed by atoms with Crippen LogP contribution in [0.3, 0.4) is 0 Å². The van der Waals surface area contributed by atoms with Crippen LogP contribution in [0.15, 0.2) is 47.5 Å². The largest absolute Gasteiger partial charge is 0.416 e.